The van der Waals surface area contributed by atoms with Crippen LogP contribution in [0.4, 0.5) is 5.69 Å². The second-order valence-electron chi connectivity index (χ2n) is 10.6. The number of nitrogens with one attached hydrogen (secondary N) is 1. The molecule has 0 aliphatic heterocycles. The Hall–Kier alpha value is -3.80. The van der Waals surface area contributed by atoms with E-state index in [0.29, 0.717) is 36.9 Å². The zero-order valence-corrected chi connectivity index (χ0v) is 24.9. The van der Waals surface area contributed by atoms with Crippen LogP contribution < -0.4 is 14.8 Å². The van der Waals surface area contributed by atoms with Gasteiger partial charge in [-0.05, 0) is 99.4 Å². The summed E-state index contributed by atoms with van der Waals surface area (Å²) in [6, 6.07) is 17.7. The van der Waals surface area contributed by atoms with E-state index in [1.165, 1.54) is 5.56 Å². The molecule has 6 heteroatoms. The monoisotopic (exact) mass is 545 g/mol. The van der Waals surface area contributed by atoms with Crippen molar-refractivity contribution in [2.45, 2.75) is 73.8 Å². The molecule has 1 N–H and O–H groups in total. The average molecular weight is 546 g/mol. The molecule has 0 saturated carbocycles. The highest BCUT2D eigenvalue weighted by molar-refractivity contribution is 6.06. The van der Waals surface area contributed by atoms with Gasteiger partial charge in [0.25, 0.3) is 5.91 Å². The van der Waals surface area contributed by atoms with Gasteiger partial charge >= 0.3 is 5.97 Å². The third kappa shape index (κ3) is 8.35. The minimum Gasteiger partial charge on any atom is -0.493 e. The number of para-hydroxylation sites is 1. The van der Waals surface area contributed by atoms with Gasteiger partial charge in [0.2, 0.25) is 0 Å². The van der Waals surface area contributed by atoms with Crippen molar-refractivity contribution in [2.24, 2.45) is 5.92 Å². The Balaban J connectivity index is 1.70. The maximum absolute atomic E-state index is 13.3. The fraction of sp³-hybridized carbons (Fsp3) is 0.412. The Bertz CT molecular complexity index is 1300. The zero-order valence-electron chi connectivity index (χ0n) is 24.9. The van der Waals surface area contributed by atoms with Gasteiger partial charge in [-0.3, -0.25) is 9.59 Å². The molecule has 40 heavy (non-hydrogen) atoms. The second-order valence-corrected chi connectivity index (χ2v) is 10.6. The topological polar surface area (TPSA) is 73.9 Å². The van der Waals surface area contributed by atoms with Crippen LogP contribution in [0.1, 0.15) is 84.8 Å². The van der Waals surface area contributed by atoms with Gasteiger partial charge in [0.15, 0.2) is 0 Å². The van der Waals surface area contributed by atoms with Gasteiger partial charge < -0.3 is 19.5 Å². The number of rotatable bonds is 13. The SMILES string of the molecule is CCOC(=O)CCCOc1ccccc1C(=O)Nc1cc(C)c(OC(C)c2ccc(CC(C)C)cc2)c(C)c1C. The summed E-state index contributed by atoms with van der Waals surface area (Å²) in [5.41, 5.74) is 6.50. The van der Waals surface area contributed by atoms with E-state index >= 15 is 0 Å². The molecule has 0 radical (unpaired) electrons. The standard InChI is InChI=1S/C34H43NO5/c1-8-38-32(36)14-11-19-39-31-13-10-9-12-29(31)34(37)35-30-21-23(4)33(25(6)24(30)5)40-26(7)28-17-15-27(16-18-28)20-22(2)3/h9-10,12-13,15-18,21-22,26H,8,11,14,19-20H2,1-7H3,(H,35,37). The molecule has 1 amide bonds. The molecule has 3 aromatic carbocycles. The van der Waals surface area contributed by atoms with Crippen LogP contribution in [0.3, 0.4) is 0 Å². The van der Waals surface area contributed by atoms with Crippen molar-refractivity contribution < 1.29 is 23.8 Å². The first-order valence-corrected chi connectivity index (χ1v) is 14.2. The molecule has 0 heterocycles. The van der Waals surface area contributed by atoms with E-state index in [0.717, 1.165) is 40.1 Å². The number of ether oxygens (including phenoxy) is 3. The molecular formula is C34H43NO5. The van der Waals surface area contributed by atoms with Gasteiger partial charge in [-0.15, -0.1) is 0 Å². The molecule has 3 aromatic rings. The molecule has 0 saturated heterocycles. The lowest BCUT2D eigenvalue weighted by molar-refractivity contribution is -0.143. The van der Waals surface area contributed by atoms with E-state index in [2.05, 4.69) is 50.4 Å². The van der Waals surface area contributed by atoms with Gasteiger partial charge in [0.05, 0.1) is 18.8 Å². The first-order chi connectivity index (χ1) is 19.1. The Labute approximate surface area is 239 Å². The predicted molar refractivity (Wildman–Crippen MR) is 160 cm³/mol. The van der Waals surface area contributed by atoms with Gasteiger partial charge in [0.1, 0.15) is 17.6 Å². The molecule has 0 bridgehead atoms. The quantitative estimate of drug-likeness (QED) is 0.174. The molecular weight excluding hydrogens is 502 g/mol. The Morgan fingerprint density at radius 1 is 0.925 bits per heavy atom. The van der Waals surface area contributed by atoms with Crippen LogP contribution in [0.25, 0.3) is 0 Å². The molecule has 214 valence electrons. The van der Waals surface area contributed by atoms with Gasteiger partial charge in [-0.1, -0.05) is 50.2 Å². The minimum absolute atomic E-state index is 0.113. The predicted octanol–water partition coefficient (Wildman–Crippen LogP) is 7.92. The van der Waals surface area contributed by atoms with Crippen molar-refractivity contribution in [1.29, 1.82) is 0 Å². The van der Waals surface area contributed by atoms with Crippen LogP contribution in [-0.2, 0) is 16.0 Å². The summed E-state index contributed by atoms with van der Waals surface area (Å²) in [6.45, 7) is 15.0. The molecule has 1 atom stereocenters. The smallest absolute Gasteiger partial charge is 0.305 e. The van der Waals surface area contributed by atoms with Crippen LogP contribution in [-0.4, -0.2) is 25.1 Å². The van der Waals surface area contributed by atoms with E-state index in [4.69, 9.17) is 14.2 Å². The summed E-state index contributed by atoms with van der Waals surface area (Å²) >= 11 is 0. The number of hydrogen-bond acceptors (Lipinski definition) is 5. The lowest BCUT2D eigenvalue weighted by atomic mass is 10.00. The molecule has 0 aliphatic rings. The fourth-order valence-electron chi connectivity index (χ4n) is 4.61. The summed E-state index contributed by atoms with van der Waals surface area (Å²) in [6.07, 6.45) is 1.73. The number of anilines is 1. The Morgan fingerprint density at radius 2 is 1.62 bits per heavy atom. The summed E-state index contributed by atoms with van der Waals surface area (Å²) in [5, 5.41) is 3.06. The molecule has 0 aliphatic carbocycles. The van der Waals surface area contributed by atoms with Gasteiger partial charge in [0, 0.05) is 12.1 Å². The Kier molecular flexibility index (Phi) is 11.2. The van der Waals surface area contributed by atoms with Crippen LogP contribution in [0.5, 0.6) is 11.5 Å². The highest BCUT2D eigenvalue weighted by Gasteiger charge is 2.19. The second kappa shape index (κ2) is 14.5. The van der Waals surface area contributed by atoms with Crippen molar-refractivity contribution in [3.63, 3.8) is 0 Å². The third-order valence-electron chi connectivity index (χ3n) is 6.88. The summed E-state index contributed by atoms with van der Waals surface area (Å²) < 4.78 is 17.2. The van der Waals surface area contributed by atoms with Gasteiger partial charge in [-0.25, -0.2) is 0 Å². The van der Waals surface area contributed by atoms with Crippen LogP contribution >= 0.6 is 0 Å². The van der Waals surface area contributed by atoms with Crippen LogP contribution in [0.2, 0.25) is 0 Å². The lowest BCUT2D eigenvalue weighted by Gasteiger charge is -2.22. The molecule has 0 spiro atoms. The number of carbonyl (C=O) groups is 2. The van der Waals surface area contributed by atoms with Crippen molar-refractivity contribution >= 4 is 17.6 Å². The van der Waals surface area contributed by atoms with Crippen molar-refractivity contribution in [3.05, 3.63) is 88.0 Å². The number of aryl methyl sites for hydroxylation is 1. The Morgan fingerprint density at radius 3 is 2.30 bits per heavy atom. The third-order valence-corrected chi connectivity index (χ3v) is 6.88. The maximum Gasteiger partial charge on any atom is 0.305 e. The highest BCUT2D eigenvalue weighted by atomic mass is 16.5. The first kappa shape index (κ1) is 30.7. The van der Waals surface area contributed by atoms with E-state index < -0.39 is 0 Å². The van der Waals surface area contributed by atoms with Crippen LogP contribution in [0.15, 0.2) is 54.6 Å². The fourth-order valence-corrected chi connectivity index (χ4v) is 4.61. The first-order valence-electron chi connectivity index (χ1n) is 14.2. The van der Waals surface area contributed by atoms with Crippen LogP contribution in [0, 0.1) is 26.7 Å². The number of amides is 1. The van der Waals surface area contributed by atoms with E-state index in [1.54, 1.807) is 25.1 Å². The van der Waals surface area contributed by atoms with E-state index in [9.17, 15) is 9.59 Å². The van der Waals surface area contributed by atoms with Crippen molar-refractivity contribution in [3.8, 4) is 11.5 Å². The van der Waals surface area contributed by atoms with E-state index in [-0.39, 0.29) is 24.4 Å². The summed E-state index contributed by atoms with van der Waals surface area (Å²) in [4.78, 5) is 24.8. The highest BCUT2D eigenvalue weighted by Crippen LogP contribution is 2.35. The van der Waals surface area contributed by atoms with Crippen molar-refractivity contribution in [2.75, 3.05) is 18.5 Å². The normalized spacial score (nSPS) is 11.7. The molecule has 6 nitrogen and oxygen atoms in total. The molecule has 1 unspecified atom stereocenters. The van der Waals surface area contributed by atoms with E-state index in [1.807, 2.05) is 32.9 Å². The number of carbonyl (C=O) groups excluding carboxylic acids is 2. The maximum atomic E-state index is 13.3. The summed E-state index contributed by atoms with van der Waals surface area (Å²) in [7, 11) is 0. The zero-order chi connectivity index (χ0) is 29.2. The summed E-state index contributed by atoms with van der Waals surface area (Å²) in [5.74, 6) is 1.42. The van der Waals surface area contributed by atoms with Gasteiger partial charge in [-0.2, -0.15) is 0 Å². The number of hydrogen-bond donors (Lipinski definition) is 1. The molecule has 3 rings (SSSR count). The minimum atomic E-state index is -0.258. The molecule has 0 aromatic heterocycles. The largest absolute Gasteiger partial charge is 0.493 e. The molecule has 0 fully saturated rings. The lowest BCUT2D eigenvalue weighted by Crippen LogP contribution is -2.16. The number of benzene rings is 3. The van der Waals surface area contributed by atoms with Crippen molar-refractivity contribution in [1.82, 2.24) is 0 Å². The average Bonchev–Trinajstić information content (AvgIpc) is 2.92. The number of esters is 1.